The molecule has 42 heavy (non-hydrogen) atoms. The van der Waals surface area contributed by atoms with Crippen LogP contribution in [0.15, 0.2) is 29.2 Å². The SMILES string of the molecule is CCCCCCCCCCCCCCCCCCCCCCCCCCCCCCCCc1cccc(S(=O)(=O)O)c1. The van der Waals surface area contributed by atoms with Crippen molar-refractivity contribution >= 4 is 10.1 Å². The van der Waals surface area contributed by atoms with Crippen LogP contribution in [0.25, 0.3) is 0 Å². The molecule has 0 spiro atoms. The third-order valence-electron chi connectivity index (χ3n) is 9.02. The molecule has 3 nitrogen and oxygen atoms in total. The smallest absolute Gasteiger partial charge is 0.282 e. The Morgan fingerprint density at radius 3 is 1.02 bits per heavy atom. The molecule has 1 aromatic rings. The van der Waals surface area contributed by atoms with Gasteiger partial charge in [0.05, 0.1) is 4.90 Å². The topological polar surface area (TPSA) is 54.4 Å². The lowest BCUT2D eigenvalue weighted by Gasteiger charge is -2.05. The lowest BCUT2D eigenvalue weighted by molar-refractivity contribution is 0.483. The predicted molar refractivity (Wildman–Crippen MR) is 184 cm³/mol. The molecule has 0 saturated carbocycles. The van der Waals surface area contributed by atoms with Gasteiger partial charge in [0, 0.05) is 0 Å². The molecule has 0 aliphatic heterocycles. The quantitative estimate of drug-likeness (QED) is 0.0655. The van der Waals surface area contributed by atoms with Gasteiger partial charge < -0.3 is 0 Å². The third-order valence-corrected chi connectivity index (χ3v) is 9.86. The summed E-state index contributed by atoms with van der Waals surface area (Å²) >= 11 is 0. The molecule has 1 rings (SSSR count). The van der Waals surface area contributed by atoms with E-state index in [4.69, 9.17) is 0 Å². The van der Waals surface area contributed by atoms with Crippen LogP contribution in [-0.4, -0.2) is 13.0 Å². The normalized spacial score (nSPS) is 11.9. The highest BCUT2D eigenvalue weighted by Gasteiger charge is 2.09. The molecule has 0 aromatic heterocycles. The van der Waals surface area contributed by atoms with Gasteiger partial charge in [-0.25, -0.2) is 0 Å². The lowest BCUT2D eigenvalue weighted by atomic mass is 10.0. The second-order valence-corrected chi connectivity index (χ2v) is 14.5. The van der Waals surface area contributed by atoms with Crippen LogP contribution in [0.4, 0.5) is 0 Å². The van der Waals surface area contributed by atoms with Gasteiger partial charge in [-0.1, -0.05) is 205 Å². The van der Waals surface area contributed by atoms with Gasteiger partial charge in [0.1, 0.15) is 0 Å². The van der Waals surface area contributed by atoms with Crippen molar-refractivity contribution in [2.24, 2.45) is 0 Å². The van der Waals surface area contributed by atoms with Gasteiger partial charge in [-0.3, -0.25) is 4.55 Å². The van der Waals surface area contributed by atoms with E-state index >= 15 is 0 Å². The summed E-state index contributed by atoms with van der Waals surface area (Å²) < 4.78 is 31.7. The number of rotatable bonds is 32. The van der Waals surface area contributed by atoms with Crippen molar-refractivity contribution in [1.82, 2.24) is 0 Å². The van der Waals surface area contributed by atoms with Gasteiger partial charge in [0.15, 0.2) is 0 Å². The van der Waals surface area contributed by atoms with Gasteiger partial charge in [0.25, 0.3) is 10.1 Å². The Labute approximate surface area is 263 Å². The maximum absolute atomic E-state index is 11.3. The first-order chi connectivity index (χ1) is 20.5. The van der Waals surface area contributed by atoms with Crippen LogP contribution >= 0.6 is 0 Å². The molecule has 1 aromatic carbocycles. The molecular weight excluding hydrogens is 536 g/mol. The summed E-state index contributed by atoms with van der Waals surface area (Å²) in [5.74, 6) is 0. The average molecular weight is 607 g/mol. The summed E-state index contributed by atoms with van der Waals surface area (Å²) in [7, 11) is -4.10. The summed E-state index contributed by atoms with van der Waals surface area (Å²) in [5, 5.41) is 0. The minimum absolute atomic E-state index is 0.00516. The van der Waals surface area contributed by atoms with Crippen LogP contribution < -0.4 is 0 Å². The van der Waals surface area contributed by atoms with Crippen LogP contribution in [0, 0.1) is 0 Å². The highest BCUT2D eigenvalue weighted by Crippen LogP contribution is 2.18. The Hall–Kier alpha value is -0.870. The van der Waals surface area contributed by atoms with Gasteiger partial charge >= 0.3 is 0 Å². The summed E-state index contributed by atoms with van der Waals surface area (Å²) in [4.78, 5) is 0.00516. The summed E-state index contributed by atoms with van der Waals surface area (Å²) in [6, 6.07) is 6.69. The minimum Gasteiger partial charge on any atom is -0.282 e. The molecule has 4 heteroatoms. The third kappa shape index (κ3) is 25.6. The Bertz CT molecular complexity index is 804. The van der Waals surface area contributed by atoms with Crippen molar-refractivity contribution in [3.8, 4) is 0 Å². The van der Waals surface area contributed by atoms with E-state index in [1.165, 1.54) is 192 Å². The highest BCUT2D eigenvalue weighted by atomic mass is 32.2. The van der Waals surface area contributed by atoms with Crippen LogP contribution in [0.1, 0.15) is 205 Å². The number of hydrogen-bond acceptors (Lipinski definition) is 2. The molecule has 0 aliphatic carbocycles. The first kappa shape index (κ1) is 39.2. The Morgan fingerprint density at radius 1 is 0.452 bits per heavy atom. The second-order valence-electron chi connectivity index (χ2n) is 13.1. The Morgan fingerprint density at radius 2 is 0.738 bits per heavy atom. The van der Waals surface area contributed by atoms with Crippen LogP contribution in [0.2, 0.25) is 0 Å². The molecule has 0 radical (unpaired) electrons. The van der Waals surface area contributed by atoms with Crippen LogP contribution in [-0.2, 0) is 16.5 Å². The van der Waals surface area contributed by atoms with Gasteiger partial charge in [-0.15, -0.1) is 0 Å². The fourth-order valence-electron chi connectivity index (χ4n) is 6.21. The zero-order valence-electron chi connectivity index (χ0n) is 27.9. The van der Waals surface area contributed by atoms with Crippen LogP contribution in [0.5, 0.6) is 0 Å². The molecule has 0 bridgehead atoms. The van der Waals surface area contributed by atoms with E-state index in [0.717, 1.165) is 18.4 Å². The lowest BCUT2D eigenvalue weighted by Crippen LogP contribution is -1.98. The second kappa shape index (κ2) is 28.9. The fourth-order valence-corrected chi connectivity index (χ4v) is 6.76. The molecule has 1 N–H and O–H groups in total. The molecule has 0 amide bonds. The van der Waals surface area contributed by atoms with E-state index in [2.05, 4.69) is 6.92 Å². The van der Waals surface area contributed by atoms with Crippen molar-refractivity contribution in [3.05, 3.63) is 29.8 Å². The maximum atomic E-state index is 11.3. The first-order valence-electron chi connectivity index (χ1n) is 18.6. The van der Waals surface area contributed by atoms with Crippen LogP contribution in [0.3, 0.4) is 0 Å². The molecule has 0 heterocycles. The summed E-state index contributed by atoms with van der Waals surface area (Å²) in [6.07, 6.45) is 43.2. The van der Waals surface area contributed by atoms with Crippen molar-refractivity contribution < 1.29 is 13.0 Å². The fraction of sp³-hybridized carbons (Fsp3) is 0.842. The molecule has 0 fully saturated rings. The number of unbranched alkanes of at least 4 members (excludes halogenated alkanes) is 29. The van der Waals surface area contributed by atoms with E-state index in [-0.39, 0.29) is 4.90 Å². The molecule has 0 atom stereocenters. The summed E-state index contributed by atoms with van der Waals surface area (Å²) in [5.41, 5.74) is 0.991. The molecule has 0 aliphatic rings. The zero-order chi connectivity index (χ0) is 30.4. The maximum Gasteiger partial charge on any atom is 0.294 e. The molecule has 0 unspecified atom stereocenters. The molecular formula is C38H70O3S. The zero-order valence-corrected chi connectivity index (χ0v) is 28.7. The minimum atomic E-state index is -4.10. The molecule has 246 valence electrons. The predicted octanol–water partition coefficient (Wildman–Crippen LogP) is 13.2. The molecule has 0 saturated heterocycles. The standard InChI is InChI=1S/C38H70O3S/c1-2-3-4-5-6-7-8-9-10-11-12-13-14-15-16-17-18-19-20-21-22-23-24-25-26-27-28-29-30-31-33-37-34-32-35-38(36-37)42(39,40)41/h32,34-36H,2-31,33H2,1H3,(H,39,40,41). The Kier molecular flexibility index (Phi) is 26.9. The van der Waals surface area contributed by atoms with Crippen molar-refractivity contribution in [3.63, 3.8) is 0 Å². The van der Waals surface area contributed by atoms with Gasteiger partial charge in [0.2, 0.25) is 0 Å². The van der Waals surface area contributed by atoms with Crippen molar-refractivity contribution in [1.29, 1.82) is 0 Å². The van der Waals surface area contributed by atoms with Crippen molar-refractivity contribution in [2.75, 3.05) is 0 Å². The Balaban J connectivity index is 1.70. The first-order valence-corrected chi connectivity index (χ1v) is 20.0. The van der Waals surface area contributed by atoms with Gasteiger partial charge in [-0.2, -0.15) is 8.42 Å². The van der Waals surface area contributed by atoms with E-state index in [1.54, 1.807) is 12.1 Å². The number of benzene rings is 1. The monoisotopic (exact) mass is 607 g/mol. The van der Waals surface area contributed by atoms with E-state index in [9.17, 15) is 13.0 Å². The van der Waals surface area contributed by atoms with E-state index in [0.29, 0.717) is 0 Å². The van der Waals surface area contributed by atoms with Crippen molar-refractivity contribution in [2.45, 2.75) is 211 Å². The summed E-state index contributed by atoms with van der Waals surface area (Å²) in [6.45, 7) is 2.30. The van der Waals surface area contributed by atoms with Gasteiger partial charge in [-0.05, 0) is 30.5 Å². The number of aryl methyl sites for hydroxylation is 1. The van der Waals surface area contributed by atoms with E-state index in [1.807, 2.05) is 6.07 Å². The number of hydrogen-bond donors (Lipinski definition) is 1. The largest absolute Gasteiger partial charge is 0.294 e. The van der Waals surface area contributed by atoms with E-state index < -0.39 is 10.1 Å². The highest BCUT2D eigenvalue weighted by molar-refractivity contribution is 7.85. The average Bonchev–Trinajstić information content (AvgIpc) is 2.98.